The van der Waals surface area contributed by atoms with E-state index in [4.69, 9.17) is 25.8 Å². The molecular weight excluding hydrogens is 432 g/mol. The lowest BCUT2D eigenvalue weighted by molar-refractivity contribution is -0.123. The van der Waals surface area contributed by atoms with Gasteiger partial charge in [-0.15, -0.1) is 0 Å². The van der Waals surface area contributed by atoms with E-state index >= 15 is 0 Å². The molecule has 1 aliphatic heterocycles. The van der Waals surface area contributed by atoms with Crippen molar-refractivity contribution in [2.45, 2.75) is 25.3 Å². The van der Waals surface area contributed by atoms with E-state index in [0.717, 1.165) is 5.56 Å². The SMILES string of the molecule is CC(C)CNS(=O)(=O)c1ccc(OCC(=O)NCc2ccc3c(c2)OCO3)c(Cl)c1. The van der Waals surface area contributed by atoms with Crippen LogP contribution < -0.4 is 24.2 Å². The van der Waals surface area contributed by atoms with Crippen LogP contribution >= 0.6 is 11.6 Å². The largest absolute Gasteiger partial charge is 0.482 e. The van der Waals surface area contributed by atoms with Crippen molar-refractivity contribution >= 4 is 27.5 Å². The van der Waals surface area contributed by atoms with Crippen LogP contribution in [0, 0.1) is 5.92 Å². The molecule has 8 nitrogen and oxygen atoms in total. The normalized spacial score (nSPS) is 12.8. The number of carbonyl (C=O) groups is 1. The van der Waals surface area contributed by atoms with Gasteiger partial charge >= 0.3 is 0 Å². The van der Waals surface area contributed by atoms with E-state index in [9.17, 15) is 13.2 Å². The maximum Gasteiger partial charge on any atom is 0.258 e. The molecule has 1 amide bonds. The molecule has 0 saturated carbocycles. The van der Waals surface area contributed by atoms with Gasteiger partial charge in [0.15, 0.2) is 18.1 Å². The third kappa shape index (κ3) is 5.78. The Balaban J connectivity index is 1.52. The van der Waals surface area contributed by atoms with Gasteiger partial charge in [0.05, 0.1) is 9.92 Å². The maximum atomic E-state index is 12.3. The molecule has 162 valence electrons. The van der Waals surface area contributed by atoms with Crippen molar-refractivity contribution in [3.05, 3.63) is 47.0 Å². The molecule has 10 heteroatoms. The fourth-order valence-corrected chi connectivity index (χ4v) is 4.11. The minimum absolute atomic E-state index is 0.0350. The second-order valence-corrected chi connectivity index (χ2v) is 9.27. The van der Waals surface area contributed by atoms with Crippen LogP contribution in [-0.4, -0.2) is 34.3 Å². The minimum Gasteiger partial charge on any atom is -0.482 e. The molecule has 0 unspecified atom stereocenters. The molecule has 1 heterocycles. The van der Waals surface area contributed by atoms with E-state index in [1.54, 1.807) is 12.1 Å². The van der Waals surface area contributed by atoms with Crippen molar-refractivity contribution in [3.63, 3.8) is 0 Å². The molecule has 3 rings (SSSR count). The van der Waals surface area contributed by atoms with Gasteiger partial charge in [-0.1, -0.05) is 31.5 Å². The number of sulfonamides is 1. The van der Waals surface area contributed by atoms with Gasteiger partial charge in [-0.05, 0) is 41.8 Å². The zero-order chi connectivity index (χ0) is 21.7. The summed E-state index contributed by atoms with van der Waals surface area (Å²) < 4.78 is 43.0. The van der Waals surface area contributed by atoms with Gasteiger partial charge in [-0.2, -0.15) is 0 Å². The third-order valence-electron chi connectivity index (χ3n) is 4.18. The predicted molar refractivity (Wildman–Crippen MR) is 111 cm³/mol. The van der Waals surface area contributed by atoms with Gasteiger partial charge in [-0.25, -0.2) is 13.1 Å². The molecule has 0 spiro atoms. The number of rotatable bonds is 9. The summed E-state index contributed by atoms with van der Waals surface area (Å²) >= 11 is 6.13. The molecule has 2 aromatic rings. The first kappa shape index (κ1) is 22.2. The Morgan fingerprint density at radius 2 is 1.93 bits per heavy atom. The molecule has 0 bridgehead atoms. The van der Waals surface area contributed by atoms with Crippen molar-refractivity contribution in [1.82, 2.24) is 10.0 Å². The number of nitrogens with one attached hydrogen (secondary N) is 2. The smallest absolute Gasteiger partial charge is 0.258 e. The van der Waals surface area contributed by atoms with Crippen LogP contribution in [0.5, 0.6) is 17.2 Å². The quantitative estimate of drug-likeness (QED) is 0.604. The Labute approximate surface area is 180 Å². The van der Waals surface area contributed by atoms with Crippen LogP contribution in [-0.2, 0) is 21.4 Å². The fraction of sp³-hybridized carbons (Fsp3) is 0.350. The van der Waals surface area contributed by atoms with Crippen molar-refractivity contribution in [1.29, 1.82) is 0 Å². The van der Waals surface area contributed by atoms with Crippen LogP contribution in [0.25, 0.3) is 0 Å². The first-order valence-corrected chi connectivity index (χ1v) is 11.2. The Kier molecular flexibility index (Phi) is 7.06. The Morgan fingerprint density at radius 3 is 2.67 bits per heavy atom. The molecule has 0 aliphatic carbocycles. The maximum absolute atomic E-state index is 12.3. The van der Waals surface area contributed by atoms with Gasteiger partial charge in [0, 0.05) is 13.1 Å². The monoisotopic (exact) mass is 454 g/mol. The van der Waals surface area contributed by atoms with Crippen molar-refractivity contribution in [2.24, 2.45) is 5.92 Å². The Bertz CT molecular complexity index is 1030. The average Bonchev–Trinajstić information content (AvgIpc) is 3.17. The highest BCUT2D eigenvalue weighted by atomic mass is 35.5. The van der Waals surface area contributed by atoms with Crippen LogP contribution in [0.4, 0.5) is 0 Å². The van der Waals surface area contributed by atoms with E-state index < -0.39 is 10.0 Å². The number of amides is 1. The summed E-state index contributed by atoms with van der Waals surface area (Å²) in [5, 5.41) is 2.84. The average molecular weight is 455 g/mol. The number of ether oxygens (including phenoxy) is 3. The first-order valence-electron chi connectivity index (χ1n) is 9.32. The Morgan fingerprint density at radius 1 is 1.17 bits per heavy atom. The van der Waals surface area contributed by atoms with E-state index in [2.05, 4.69) is 10.0 Å². The van der Waals surface area contributed by atoms with Crippen molar-refractivity contribution in [2.75, 3.05) is 19.9 Å². The van der Waals surface area contributed by atoms with Gasteiger partial charge in [0.25, 0.3) is 5.91 Å². The first-order chi connectivity index (χ1) is 14.2. The number of fused-ring (bicyclic) bond motifs is 1. The highest BCUT2D eigenvalue weighted by Gasteiger charge is 2.17. The molecule has 0 saturated heterocycles. The molecule has 2 aromatic carbocycles. The second kappa shape index (κ2) is 9.55. The zero-order valence-electron chi connectivity index (χ0n) is 16.6. The Hall–Kier alpha value is -2.49. The van der Waals surface area contributed by atoms with Gasteiger partial charge in [-0.3, -0.25) is 4.79 Å². The standard InChI is InChI=1S/C20H23ClN2O6S/c1-13(2)9-23-30(25,26)15-4-6-17(16(21)8-15)27-11-20(24)22-10-14-3-5-18-19(7-14)29-12-28-18/h3-8,13,23H,9-12H2,1-2H3,(H,22,24). The van der Waals surface area contributed by atoms with Gasteiger partial charge in [0.2, 0.25) is 16.8 Å². The van der Waals surface area contributed by atoms with Gasteiger partial charge in [0.1, 0.15) is 5.75 Å². The highest BCUT2D eigenvalue weighted by Crippen LogP contribution is 2.32. The van der Waals surface area contributed by atoms with Gasteiger partial charge < -0.3 is 19.5 Å². The summed E-state index contributed by atoms with van der Waals surface area (Å²) in [6.45, 7) is 4.36. The second-order valence-electron chi connectivity index (χ2n) is 7.09. The molecular formula is C20H23ClN2O6S. The highest BCUT2D eigenvalue weighted by molar-refractivity contribution is 7.89. The molecule has 2 N–H and O–H groups in total. The van der Waals surface area contributed by atoms with Crippen LogP contribution in [0.3, 0.4) is 0 Å². The minimum atomic E-state index is -3.66. The lowest BCUT2D eigenvalue weighted by atomic mass is 10.2. The lowest BCUT2D eigenvalue weighted by Crippen LogP contribution is -2.28. The van der Waals surface area contributed by atoms with E-state index in [1.165, 1.54) is 18.2 Å². The summed E-state index contributed by atoms with van der Waals surface area (Å²) in [6, 6.07) is 9.52. The molecule has 0 aromatic heterocycles. The topological polar surface area (TPSA) is 103 Å². The number of benzene rings is 2. The number of hydrogen-bond acceptors (Lipinski definition) is 6. The molecule has 30 heavy (non-hydrogen) atoms. The van der Waals surface area contributed by atoms with E-state index in [0.29, 0.717) is 24.6 Å². The summed E-state index contributed by atoms with van der Waals surface area (Å²) in [5.74, 6) is 1.36. The summed E-state index contributed by atoms with van der Waals surface area (Å²) in [4.78, 5) is 12.1. The summed E-state index contributed by atoms with van der Waals surface area (Å²) in [5.41, 5.74) is 0.856. The summed E-state index contributed by atoms with van der Waals surface area (Å²) in [6.07, 6.45) is 0. The number of hydrogen-bond donors (Lipinski definition) is 2. The fourth-order valence-electron chi connectivity index (χ4n) is 2.57. The van der Waals surface area contributed by atoms with E-state index in [1.807, 2.05) is 19.9 Å². The molecule has 0 atom stereocenters. The molecule has 0 fully saturated rings. The van der Waals surface area contributed by atoms with Crippen LogP contribution in [0.2, 0.25) is 5.02 Å². The lowest BCUT2D eigenvalue weighted by Gasteiger charge is -2.12. The summed E-state index contributed by atoms with van der Waals surface area (Å²) in [7, 11) is -3.66. The van der Waals surface area contributed by atoms with Crippen molar-refractivity contribution in [3.8, 4) is 17.2 Å². The number of halogens is 1. The zero-order valence-corrected chi connectivity index (χ0v) is 18.2. The van der Waals surface area contributed by atoms with E-state index in [-0.39, 0.29) is 40.9 Å². The third-order valence-corrected chi connectivity index (χ3v) is 5.90. The van der Waals surface area contributed by atoms with Crippen LogP contribution in [0.1, 0.15) is 19.4 Å². The molecule has 1 aliphatic rings. The number of carbonyl (C=O) groups excluding carboxylic acids is 1. The van der Waals surface area contributed by atoms with Crippen molar-refractivity contribution < 1.29 is 27.4 Å². The molecule has 0 radical (unpaired) electrons. The predicted octanol–water partition coefficient (Wildman–Crippen LogP) is 2.70. The van der Waals surface area contributed by atoms with Crippen LogP contribution in [0.15, 0.2) is 41.3 Å².